The van der Waals surface area contributed by atoms with Crippen molar-refractivity contribution in [2.45, 2.75) is 12.1 Å². The molecule has 5 rings (SSSR count). The molecule has 33 heavy (non-hydrogen) atoms. The number of non-ortho nitro benzene ring substituents is 1. The first-order valence-corrected chi connectivity index (χ1v) is 11.0. The lowest BCUT2D eigenvalue weighted by atomic mass is 10.0. The maximum absolute atomic E-state index is 11.1. The van der Waals surface area contributed by atoms with Gasteiger partial charge in [-0.25, -0.2) is 0 Å². The highest BCUT2D eigenvalue weighted by Gasteiger charge is 2.42. The van der Waals surface area contributed by atoms with Gasteiger partial charge in [0.15, 0.2) is 5.11 Å². The van der Waals surface area contributed by atoms with Gasteiger partial charge in [-0.05, 0) is 72.9 Å². The Morgan fingerprint density at radius 2 is 1.70 bits per heavy atom. The van der Waals surface area contributed by atoms with E-state index in [1.165, 1.54) is 12.1 Å². The summed E-state index contributed by atoms with van der Waals surface area (Å²) < 4.78 is 2.02. The summed E-state index contributed by atoms with van der Waals surface area (Å²) >= 11 is 11.9. The van der Waals surface area contributed by atoms with E-state index in [1.54, 1.807) is 18.3 Å². The van der Waals surface area contributed by atoms with Gasteiger partial charge in [0.2, 0.25) is 0 Å². The molecule has 1 N–H and O–H groups in total. The molecular weight excluding hydrogens is 458 g/mol. The van der Waals surface area contributed by atoms with Gasteiger partial charge in [-0.15, -0.1) is 0 Å². The molecule has 0 saturated carbocycles. The lowest BCUT2D eigenvalue weighted by Gasteiger charge is -2.29. The summed E-state index contributed by atoms with van der Waals surface area (Å²) in [7, 11) is 0. The molecule has 0 bridgehead atoms. The molecule has 0 amide bonds. The van der Waals surface area contributed by atoms with Crippen molar-refractivity contribution in [3.63, 3.8) is 0 Å². The number of halogens is 1. The molecule has 0 aliphatic carbocycles. The standard InChI is InChI=1S/C24H18ClN5O2S/c25-16-6-8-18(9-7-16)29-23(22(27-24(29)33)20-4-1-2-14-26-20)21-5-3-15-28(21)17-10-12-19(13-11-17)30(31)32/h1-15,22-23H,(H,27,33)/t22-,23-/m0/s1. The predicted molar refractivity (Wildman–Crippen MR) is 132 cm³/mol. The van der Waals surface area contributed by atoms with E-state index in [4.69, 9.17) is 23.8 Å². The van der Waals surface area contributed by atoms with Gasteiger partial charge in [0, 0.05) is 46.6 Å². The molecule has 2 atom stereocenters. The van der Waals surface area contributed by atoms with Crippen LogP contribution in [0.15, 0.2) is 91.3 Å². The summed E-state index contributed by atoms with van der Waals surface area (Å²) in [6.45, 7) is 0. The Bertz CT molecular complexity index is 1310. The first-order valence-electron chi connectivity index (χ1n) is 10.2. The van der Waals surface area contributed by atoms with E-state index >= 15 is 0 Å². The number of anilines is 1. The zero-order valence-electron chi connectivity index (χ0n) is 17.2. The van der Waals surface area contributed by atoms with Gasteiger partial charge < -0.3 is 14.8 Å². The lowest BCUT2D eigenvalue weighted by molar-refractivity contribution is -0.384. The molecule has 4 aromatic rings. The average molecular weight is 476 g/mol. The Labute approximate surface area is 200 Å². The molecule has 7 nitrogen and oxygen atoms in total. The van der Waals surface area contributed by atoms with Crippen LogP contribution in [0.1, 0.15) is 23.5 Å². The number of nitrogens with one attached hydrogen (secondary N) is 1. The van der Waals surface area contributed by atoms with E-state index in [0.29, 0.717) is 10.1 Å². The second-order valence-electron chi connectivity index (χ2n) is 7.55. The SMILES string of the molecule is O=[N+]([O-])c1ccc(-n2cccc2[C@H]2[C@H](c3ccccn3)NC(=S)N2c2ccc(Cl)cc2)cc1. The summed E-state index contributed by atoms with van der Waals surface area (Å²) in [5.74, 6) is 0. The minimum atomic E-state index is -0.404. The maximum atomic E-state index is 11.1. The summed E-state index contributed by atoms with van der Waals surface area (Å²) in [5.41, 5.74) is 3.58. The van der Waals surface area contributed by atoms with Gasteiger partial charge >= 0.3 is 0 Å². The van der Waals surface area contributed by atoms with Gasteiger partial charge in [0.05, 0.1) is 16.7 Å². The monoisotopic (exact) mass is 475 g/mol. The van der Waals surface area contributed by atoms with Crippen molar-refractivity contribution in [3.8, 4) is 5.69 Å². The first-order chi connectivity index (χ1) is 16.0. The Morgan fingerprint density at radius 1 is 0.970 bits per heavy atom. The largest absolute Gasteiger partial charge is 0.351 e. The van der Waals surface area contributed by atoms with Crippen molar-refractivity contribution >= 4 is 40.3 Å². The molecule has 9 heteroatoms. The van der Waals surface area contributed by atoms with Crippen molar-refractivity contribution in [3.05, 3.63) is 118 Å². The topological polar surface area (TPSA) is 76.2 Å². The lowest BCUT2D eigenvalue weighted by Crippen LogP contribution is -2.30. The zero-order valence-corrected chi connectivity index (χ0v) is 18.8. The maximum Gasteiger partial charge on any atom is 0.269 e. The summed E-state index contributed by atoms with van der Waals surface area (Å²) in [5, 5.41) is 15.7. The minimum absolute atomic E-state index is 0.0466. The highest BCUT2D eigenvalue weighted by molar-refractivity contribution is 7.80. The Morgan fingerprint density at radius 3 is 2.36 bits per heavy atom. The second-order valence-corrected chi connectivity index (χ2v) is 8.37. The number of hydrogen-bond acceptors (Lipinski definition) is 4. The third kappa shape index (κ3) is 3.94. The zero-order chi connectivity index (χ0) is 22.9. The van der Waals surface area contributed by atoms with Gasteiger partial charge in [0.1, 0.15) is 6.04 Å². The molecule has 0 spiro atoms. The normalized spacial score (nSPS) is 17.7. The molecule has 3 heterocycles. The van der Waals surface area contributed by atoms with Crippen molar-refractivity contribution in [1.82, 2.24) is 14.9 Å². The van der Waals surface area contributed by atoms with Crippen LogP contribution >= 0.6 is 23.8 Å². The third-order valence-electron chi connectivity index (χ3n) is 5.62. The summed E-state index contributed by atoms with van der Waals surface area (Å²) in [4.78, 5) is 17.3. The van der Waals surface area contributed by atoms with Crippen LogP contribution in [0.2, 0.25) is 5.02 Å². The van der Waals surface area contributed by atoms with Crippen molar-refractivity contribution in [1.29, 1.82) is 0 Å². The fraction of sp³-hybridized carbons (Fsp3) is 0.0833. The Balaban J connectivity index is 1.63. The van der Waals surface area contributed by atoms with E-state index in [2.05, 4.69) is 15.2 Å². The van der Waals surface area contributed by atoms with E-state index in [0.717, 1.165) is 22.8 Å². The number of nitro groups is 1. The van der Waals surface area contributed by atoms with Crippen LogP contribution < -0.4 is 10.2 Å². The number of nitro benzene ring substituents is 1. The molecule has 0 radical (unpaired) electrons. The van der Waals surface area contributed by atoms with E-state index in [1.807, 2.05) is 65.4 Å². The molecule has 1 aliphatic heterocycles. The van der Waals surface area contributed by atoms with Crippen molar-refractivity contribution in [2.24, 2.45) is 0 Å². The highest BCUT2D eigenvalue weighted by Crippen LogP contribution is 2.42. The number of aromatic nitrogens is 2. The van der Waals surface area contributed by atoms with Gasteiger partial charge in [-0.3, -0.25) is 15.1 Å². The number of benzene rings is 2. The van der Waals surface area contributed by atoms with Gasteiger partial charge in [0.25, 0.3) is 5.69 Å². The predicted octanol–water partition coefficient (Wildman–Crippen LogP) is 5.61. The molecule has 1 aliphatic rings. The third-order valence-corrected chi connectivity index (χ3v) is 6.19. The Kier molecular flexibility index (Phi) is 5.53. The molecule has 2 aromatic heterocycles. The van der Waals surface area contributed by atoms with Gasteiger partial charge in [-0.1, -0.05) is 17.7 Å². The van der Waals surface area contributed by atoms with Crippen LogP contribution in [0.4, 0.5) is 11.4 Å². The van der Waals surface area contributed by atoms with Crippen molar-refractivity contribution < 1.29 is 4.92 Å². The van der Waals surface area contributed by atoms with E-state index in [-0.39, 0.29) is 17.8 Å². The van der Waals surface area contributed by atoms with Crippen LogP contribution in [0.3, 0.4) is 0 Å². The molecule has 2 aromatic carbocycles. The second kappa shape index (κ2) is 8.65. The van der Waals surface area contributed by atoms with Crippen LogP contribution in [0, 0.1) is 10.1 Å². The van der Waals surface area contributed by atoms with Crippen LogP contribution in [0.25, 0.3) is 5.69 Å². The number of hydrogen-bond donors (Lipinski definition) is 1. The number of rotatable bonds is 5. The quantitative estimate of drug-likeness (QED) is 0.229. The van der Waals surface area contributed by atoms with E-state index < -0.39 is 4.92 Å². The fourth-order valence-corrected chi connectivity index (χ4v) is 4.61. The molecule has 1 saturated heterocycles. The molecule has 0 unspecified atom stereocenters. The fourth-order valence-electron chi connectivity index (χ4n) is 4.14. The summed E-state index contributed by atoms with van der Waals surface area (Å²) in [6, 6.07) is 23.4. The van der Waals surface area contributed by atoms with E-state index in [9.17, 15) is 10.1 Å². The smallest absolute Gasteiger partial charge is 0.269 e. The molecular formula is C24H18ClN5O2S. The number of nitrogens with zero attached hydrogens (tertiary/aromatic N) is 4. The number of pyridine rings is 1. The van der Waals surface area contributed by atoms with Gasteiger partial charge in [-0.2, -0.15) is 0 Å². The molecule has 1 fully saturated rings. The number of thiocarbonyl (C=S) groups is 1. The van der Waals surface area contributed by atoms with Crippen LogP contribution in [-0.4, -0.2) is 19.6 Å². The first kappa shape index (κ1) is 21.1. The molecule has 164 valence electrons. The van der Waals surface area contributed by atoms with Crippen LogP contribution in [-0.2, 0) is 0 Å². The average Bonchev–Trinajstić information content (AvgIpc) is 3.44. The Hall–Kier alpha value is -3.75. The minimum Gasteiger partial charge on any atom is -0.351 e. The van der Waals surface area contributed by atoms with Crippen molar-refractivity contribution in [2.75, 3.05) is 4.90 Å². The van der Waals surface area contributed by atoms with Crippen LogP contribution in [0.5, 0.6) is 0 Å². The summed E-state index contributed by atoms with van der Waals surface area (Å²) in [6.07, 6.45) is 3.70. The highest BCUT2D eigenvalue weighted by atomic mass is 35.5.